The van der Waals surface area contributed by atoms with Gasteiger partial charge < -0.3 is 10.1 Å². The zero-order chi connectivity index (χ0) is 23.9. The van der Waals surface area contributed by atoms with Crippen LogP contribution >= 0.6 is 11.3 Å². The number of benzene rings is 3. The number of carbonyl (C=O) groups excluding carboxylic acids is 2. The molecule has 1 N–H and O–H groups in total. The standard InChI is InChI=1S/C29H27NO3S/c1-3-20-15-17-21(18-16-20)24-19-34-28(26(24)29(32)33-4-2)30-27(31)25(22-11-7-5-8-12-22)23-13-9-6-10-14-23/h5-19,25H,3-4H2,1-2H3,(H,30,31). The number of thiophene rings is 1. The molecule has 1 heterocycles. The van der Waals surface area contributed by atoms with Crippen molar-refractivity contribution in [1.82, 2.24) is 0 Å². The first-order valence-corrected chi connectivity index (χ1v) is 12.3. The van der Waals surface area contributed by atoms with Gasteiger partial charge in [0.25, 0.3) is 0 Å². The van der Waals surface area contributed by atoms with Crippen LogP contribution in [-0.2, 0) is 16.0 Å². The van der Waals surface area contributed by atoms with Gasteiger partial charge in [-0.25, -0.2) is 4.79 Å². The Kier molecular flexibility index (Phi) is 7.55. The number of nitrogens with one attached hydrogen (secondary N) is 1. The minimum Gasteiger partial charge on any atom is -0.462 e. The molecule has 0 atom stereocenters. The van der Waals surface area contributed by atoms with Gasteiger partial charge in [0.1, 0.15) is 10.6 Å². The van der Waals surface area contributed by atoms with Gasteiger partial charge in [-0.1, -0.05) is 91.9 Å². The molecule has 4 nitrogen and oxygen atoms in total. The molecule has 5 heteroatoms. The van der Waals surface area contributed by atoms with E-state index in [1.807, 2.05) is 78.2 Å². The van der Waals surface area contributed by atoms with Crippen molar-refractivity contribution in [3.8, 4) is 11.1 Å². The highest BCUT2D eigenvalue weighted by Crippen LogP contribution is 2.37. The summed E-state index contributed by atoms with van der Waals surface area (Å²) in [6.07, 6.45) is 0.941. The van der Waals surface area contributed by atoms with Crippen molar-refractivity contribution in [2.24, 2.45) is 0 Å². The van der Waals surface area contributed by atoms with Gasteiger partial charge in [-0.15, -0.1) is 11.3 Å². The molecule has 4 rings (SSSR count). The molecule has 172 valence electrons. The van der Waals surface area contributed by atoms with E-state index in [4.69, 9.17) is 4.74 Å². The number of aryl methyl sites for hydroxylation is 1. The van der Waals surface area contributed by atoms with Crippen molar-refractivity contribution < 1.29 is 14.3 Å². The SMILES string of the molecule is CCOC(=O)c1c(-c2ccc(CC)cc2)csc1NC(=O)C(c1ccccc1)c1ccccc1. The molecule has 0 aliphatic carbocycles. The van der Waals surface area contributed by atoms with Crippen LogP contribution in [0.25, 0.3) is 11.1 Å². The maximum atomic E-state index is 13.6. The Labute approximate surface area is 204 Å². The normalized spacial score (nSPS) is 10.8. The predicted octanol–water partition coefficient (Wildman–Crippen LogP) is 6.92. The Balaban J connectivity index is 1.72. The van der Waals surface area contributed by atoms with Gasteiger partial charge in [-0.3, -0.25) is 4.79 Å². The lowest BCUT2D eigenvalue weighted by Gasteiger charge is -2.18. The van der Waals surface area contributed by atoms with Crippen LogP contribution in [0.4, 0.5) is 5.00 Å². The first-order valence-electron chi connectivity index (χ1n) is 11.4. The Hall–Kier alpha value is -3.70. The van der Waals surface area contributed by atoms with Crippen LogP contribution in [0.15, 0.2) is 90.3 Å². The molecule has 0 aliphatic rings. The lowest BCUT2D eigenvalue weighted by atomic mass is 9.90. The fourth-order valence-corrected chi connectivity index (χ4v) is 4.92. The number of rotatable bonds is 8. The monoisotopic (exact) mass is 469 g/mol. The van der Waals surface area contributed by atoms with E-state index in [2.05, 4.69) is 24.4 Å². The summed E-state index contributed by atoms with van der Waals surface area (Å²) in [4.78, 5) is 26.6. The summed E-state index contributed by atoms with van der Waals surface area (Å²) in [5.74, 6) is -1.14. The summed E-state index contributed by atoms with van der Waals surface area (Å²) >= 11 is 1.34. The number of carbonyl (C=O) groups is 2. The maximum absolute atomic E-state index is 13.6. The van der Waals surface area contributed by atoms with E-state index in [0.717, 1.165) is 28.7 Å². The smallest absolute Gasteiger partial charge is 0.341 e. The molecule has 1 aromatic heterocycles. The van der Waals surface area contributed by atoms with E-state index in [1.165, 1.54) is 16.9 Å². The second kappa shape index (κ2) is 10.9. The summed E-state index contributed by atoms with van der Waals surface area (Å²) in [7, 11) is 0. The first-order chi connectivity index (χ1) is 16.6. The number of anilines is 1. The van der Waals surface area contributed by atoms with Gasteiger partial charge in [0.05, 0.1) is 12.5 Å². The molecule has 0 saturated carbocycles. The van der Waals surface area contributed by atoms with Gasteiger partial charge in [-0.2, -0.15) is 0 Å². The minimum atomic E-state index is -0.508. The lowest BCUT2D eigenvalue weighted by Crippen LogP contribution is -2.23. The Morgan fingerprint density at radius 2 is 1.44 bits per heavy atom. The van der Waals surface area contributed by atoms with Crippen molar-refractivity contribution >= 4 is 28.2 Å². The van der Waals surface area contributed by atoms with Crippen molar-refractivity contribution in [3.63, 3.8) is 0 Å². The summed E-state index contributed by atoms with van der Waals surface area (Å²) < 4.78 is 5.36. The van der Waals surface area contributed by atoms with E-state index in [1.54, 1.807) is 6.92 Å². The minimum absolute atomic E-state index is 0.197. The second-order valence-corrected chi connectivity index (χ2v) is 8.75. The third kappa shape index (κ3) is 5.10. The van der Waals surface area contributed by atoms with Crippen LogP contribution in [0.1, 0.15) is 46.8 Å². The van der Waals surface area contributed by atoms with Crippen LogP contribution in [0.2, 0.25) is 0 Å². The topological polar surface area (TPSA) is 55.4 Å². The van der Waals surface area contributed by atoms with E-state index in [9.17, 15) is 9.59 Å². The van der Waals surface area contributed by atoms with Gasteiger partial charge >= 0.3 is 5.97 Å². The summed E-state index contributed by atoms with van der Waals surface area (Å²) in [5, 5.41) is 5.44. The molecule has 0 fully saturated rings. The third-order valence-electron chi connectivity index (χ3n) is 5.71. The van der Waals surface area contributed by atoms with Crippen molar-refractivity contribution in [2.45, 2.75) is 26.2 Å². The van der Waals surface area contributed by atoms with Crippen LogP contribution in [0.5, 0.6) is 0 Å². The fraction of sp³-hybridized carbons (Fsp3) is 0.172. The van der Waals surface area contributed by atoms with Crippen molar-refractivity contribution in [1.29, 1.82) is 0 Å². The average Bonchev–Trinajstić information content (AvgIpc) is 3.29. The van der Waals surface area contributed by atoms with E-state index in [0.29, 0.717) is 10.6 Å². The molecule has 0 radical (unpaired) electrons. The summed E-state index contributed by atoms with van der Waals surface area (Å²) in [6.45, 7) is 4.14. The van der Waals surface area contributed by atoms with Gasteiger partial charge in [-0.05, 0) is 35.6 Å². The number of ether oxygens (including phenoxy) is 1. The first kappa shape index (κ1) is 23.5. The molecule has 3 aromatic carbocycles. The highest BCUT2D eigenvalue weighted by atomic mass is 32.1. The van der Waals surface area contributed by atoms with Crippen LogP contribution in [-0.4, -0.2) is 18.5 Å². The highest BCUT2D eigenvalue weighted by Gasteiger charge is 2.27. The fourth-order valence-electron chi connectivity index (χ4n) is 3.96. The largest absolute Gasteiger partial charge is 0.462 e. The molecule has 4 aromatic rings. The quantitative estimate of drug-likeness (QED) is 0.285. The number of amides is 1. The number of hydrogen-bond acceptors (Lipinski definition) is 4. The van der Waals surface area contributed by atoms with Crippen LogP contribution < -0.4 is 5.32 Å². The molecule has 34 heavy (non-hydrogen) atoms. The molecule has 0 saturated heterocycles. The molecule has 1 amide bonds. The summed E-state index contributed by atoms with van der Waals surface area (Å²) in [5.41, 5.74) is 5.06. The molecule has 0 unspecified atom stereocenters. The molecule has 0 aliphatic heterocycles. The Morgan fingerprint density at radius 3 is 1.97 bits per heavy atom. The molecular weight excluding hydrogens is 442 g/mol. The highest BCUT2D eigenvalue weighted by molar-refractivity contribution is 7.15. The Bertz CT molecular complexity index is 1210. The van der Waals surface area contributed by atoms with E-state index < -0.39 is 11.9 Å². The third-order valence-corrected chi connectivity index (χ3v) is 6.60. The Morgan fingerprint density at radius 1 is 0.853 bits per heavy atom. The zero-order valence-electron chi connectivity index (χ0n) is 19.3. The van der Waals surface area contributed by atoms with Crippen molar-refractivity contribution in [2.75, 3.05) is 11.9 Å². The molecular formula is C29H27NO3S. The predicted molar refractivity (Wildman–Crippen MR) is 138 cm³/mol. The van der Waals surface area contributed by atoms with Gasteiger partial charge in [0.15, 0.2) is 0 Å². The van der Waals surface area contributed by atoms with Crippen LogP contribution in [0.3, 0.4) is 0 Å². The number of hydrogen-bond donors (Lipinski definition) is 1. The molecule has 0 spiro atoms. The number of esters is 1. The lowest BCUT2D eigenvalue weighted by molar-refractivity contribution is -0.116. The molecule has 0 bridgehead atoms. The van der Waals surface area contributed by atoms with E-state index in [-0.39, 0.29) is 12.5 Å². The van der Waals surface area contributed by atoms with Crippen LogP contribution in [0, 0.1) is 0 Å². The second-order valence-electron chi connectivity index (χ2n) is 7.87. The average molecular weight is 470 g/mol. The van der Waals surface area contributed by atoms with Crippen molar-refractivity contribution in [3.05, 3.63) is 113 Å². The van der Waals surface area contributed by atoms with Gasteiger partial charge in [0, 0.05) is 10.9 Å². The van der Waals surface area contributed by atoms with Gasteiger partial charge in [0.2, 0.25) is 5.91 Å². The maximum Gasteiger partial charge on any atom is 0.341 e. The van der Waals surface area contributed by atoms with E-state index >= 15 is 0 Å². The summed E-state index contributed by atoms with van der Waals surface area (Å²) in [6, 6.07) is 27.4. The zero-order valence-corrected chi connectivity index (χ0v) is 20.1.